The molecule has 2 aliphatic rings. The van der Waals surface area contributed by atoms with E-state index >= 15 is 0 Å². The van der Waals surface area contributed by atoms with Crippen molar-refractivity contribution in [2.75, 3.05) is 0 Å². The molecule has 1 aliphatic heterocycles. The third-order valence-corrected chi connectivity index (χ3v) is 5.28. The van der Waals surface area contributed by atoms with Crippen LogP contribution in [0.1, 0.15) is 36.9 Å². The minimum absolute atomic E-state index is 0.0753. The lowest BCUT2D eigenvalue weighted by Gasteiger charge is -2.38. The Kier molecular flexibility index (Phi) is 4.79. The van der Waals surface area contributed by atoms with Gasteiger partial charge in [-0.05, 0) is 83.6 Å². The van der Waals surface area contributed by atoms with Gasteiger partial charge in [0.25, 0.3) is 0 Å². The summed E-state index contributed by atoms with van der Waals surface area (Å²) < 4.78 is 26.6. The van der Waals surface area contributed by atoms with Crippen molar-refractivity contribution in [3.63, 3.8) is 0 Å². The molecule has 0 radical (unpaired) electrons. The fourth-order valence-corrected chi connectivity index (χ4v) is 4.07. The van der Waals surface area contributed by atoms with Crippen molar-refractivity contribution >= 4 is 23.4 Å². The Balaban J connectivity index is 1.78. The van der Waals surface area contributed by atoms with Crippen LogP contribution >= 0.6 is 12.2 Å². The number of hydrogen-bond donors (Lipinski definition) is 2. The van der Waals surface area contributed by atoms with Crippen LogP contribution in [-0.2, 0) is 0 Å². The summed E-state index contributed by atoms with van der Waals surface area (Å²) in [6.45, 7) is 2.22. The van der Waals surface area contributed by atoms with E-state index in [0.717, 1.165) is 35.2 Å². The van der Waals surface area contributed by atoms with E-state index in [2.05, 4.69) is 23.6 Å². The lowest BCUT2D eigenvalue weighted by Crippen LogP contribution is -2.45. The van der Waals surface area contributed by atoms with Crippen molar-refractivity contribution in [2.24, 2.45) is 5.92 Å². The molecule has 0 unspecified atom stereocenters. The van der Waals surface area contributed by atoms with Gasteiger partial charge in [0, 0.05) is 5.70 Å². The van der Waals surface area contributed by atoms with Crippen LogP contribution in [0.4, 0.5) is 8.78 Å². The second-order valence-corrected chi connectivity index (χ2v) is 7.63. The molecule has 0 fully saturated rings. The normalized spacial score (nSPS) is 23.7. The van der Waals surface area contributed by atoms with Gasteiger partial charge in [-0.1, -0.05) is 31.2 Å². The summed E-state index contributed by atoms with van der Waals surface area (Å²) in [5.74, 6) is -0.0290. The highest BCUT2D eigenvalue weighted by Crippen LogP contribution is 2.41. The second-order valence-electron chi connectivity index (χ2n) is 7.22. The highest BCUT2D eigenvalue weighted by molar-refractivity contribution is 7.80. The van der Waals surface area contributed by atoms with Gasteiger partial charge in [-0.3, -0.25) is 0 Å². The number of allylic oxidation sites excluding steroid dienone is 1. The zero-order valence-corrected chi connectivity index (χ0v) is 15.7. The van der Waals surface area contributed by atoms with Gasteiger partial charge in [0.05, 0.1) is 6.04 Å². The first-order chi connectivity index (χ1) is 13.0. The van der Waals surface area contributed by atoms with E-state index in [0.29, 0.717) is 11.0 Å². The van der Waals surface area contributed by atoms with Crippen LogP contribution in [0.2, 0.25) is 0 Å². The number of halogens is 2. The molecule has 27 heavy (non-hydrogen) atoms. The van der Waals surface area contributed by atoms with Crippen molar-refractivity contribution in [1.29, 1.82) is 0 Å². The third kappa shape index (κ3) is 3.78. The third-order valence-electron chi connectivity index (χ3n) is 5.06. The smallest absolute Gasteiger partial charge is 0.171 e. The largest absolute Gasteiger partial charge is 0.352 e. The molecule has 0 bridgehead atoms. The zero-order valence-electron chi connectivity index (χ0n) is 14.9. The molecule has 0 aromatic heterocycles. The lowest BCUT2D eigenvalue weighted by molar-refractivity contribution is 0.499. The van der Waals surface area contributed by atoms with E-state index in [1.165, 1.54) is 29.8 Å². The molecule has 2 atom stereocenters. The average Bonchev–Trinajstić information content (AvgIpc) is 2.64. The fourth-order valence-electron chi connectivity index (χ4n) is 3.85. The number of thiocarbonyl (C=S) groups is 1. The molecule has 0 amide bonds. The quantitative estimate of drug-likeness (QED) is 0.694. The van der Waals surface area contributed by atoms with Crippen LogP contribution in [-0.4, -0.2) is 5.11 Å². The molecule has 0 spiro atoms. The fraction of sp³-hybridized carbons (Fsp3) is 0.227. The summed E-state index contributed by atoms with van der Waals surface area (Å²) >= 11 is 5.43. The lowest BCUT2D eigenvalue weighted by atomic mass is 9.78. The average molecular weight is 382 g/mol. The number of hydrogen-bond acceptors (Lipinski definition) is 1. The molecular formula is C22H20F2N2S. The van der Waals surface area contributed by atoms with Crippen LogP contribution in [0.25, 0.3) is 6.08 Å². The summed E-state index contributed by atoms with van der Waals surface area (Å²) in [6, 6.07) is 13.0. The Bertz CT molecular complexity index is 930. The van der Waals surface area contributed by atoms with Crippen molar-refractivity contribution in [1.82, 2.24) is 10.6 Å². The van der Waals surface area contributed by atoms with Crippen LogP contribution in [0, 0.1) is 17.6 Å². The Morgan fingerprint density at radius 3 is 2.26 bits per heavy atom. The standard InChI is InChI=1S/C22H20F2N2S/c1-13-10-16(12-14-2-6-17(23)7-3-14)21-19(11-13)20(25-22(27)26-21)15-4-8-18(24)9-5-15/h2-9,12-13,20H,10-11H2,1H3,(H2,25,26,27)/b16-12+/t13-,20+/m0/s1. The second kappa shape index (κ2) is 7.24. The van der Waals surface area contributed by atoms with Gasteiger partial charge < -0.3 is 10.6 Å². The molecule has 2 aromatic rings. The Hall–Kier alpha value is -2.53. The molecule has 0 saturated heterocycles. The van der Waals surface area contributed by atoms with Gasteiger partial charge in [0.15, 0.2) is 5.11 Å². The highest BCUT2D eigenvalue weighted by atomic mass is 32.1. The minimum Gasteiger partial charge on any atom is -0.352 e. The van der Waals surface area contributed by atoms with E-state index in [1.807, 2.05) is 0 Å². The topological polar surface area (TPSA) is 24.1 Å². The van der Waals surface area contributed by atoms with Crippen LogP contribution in [0.5, 0.6) is 0 Å². The minimum atomic E-state index is -0.252. The predicted octanol–water partition coefficient (Wildman–Crippen LogP) is 5.25. The summed E-state index contributed by atoms with van der Waals surface area (Å²) in [5, 5.41) is 7.20. The molecule has 4 rings (SSSR count). The molecule has 5 heteroatoms. The zero-order chi connectivity index (χ0) is 19.0. The van der Waals surface area contributed by atoms with E-state index in [9.17, 15) is 8.78 Å². The maximum absolute atomic E-state index is 13.4. The summed E-state index contributed by atoms with van der Waals surface area (Å²) in [4.78, 5) is 0. The Morgan fingerprint density at radius 2 is 1.59 bits per heavy atom. The van der Waals surface area contributed by atoms with Gasteiger partial charge in [0.1, 0.15) is 11.6 Å². The van der Waals surface area contributed by atoms with E-state index in [-0.39, 0.29) is 17.7 Å². The van der Waals surface area contributed by atoms with Crippen molar-refractivity contribution in [3.8, 4) is 0 Å². The molecule has 2 N–H and O–H groups in total. The number of rotatable bonds is 2. The first-order valence-corrected chi connectivity index (χ1v) is 9.43. The summed E-state index contributed by atoms with van der Waals surface area (Å²) in [7, 11) is 0. The first kappa shape index (κ1) is 17.9. The molecular weight excluding hydrogens is 362 g/mol. The van der Waals surface area contributed by atoms with Gasteiger partial charge in [-0.2, -0.15) is 0 Å². The maximum Gasteiger partial charge on any atom is 0.171 e. The molecule has 2 nitrogen and oxygen atoms in total. The van der Waals surface area contributed by atoms with Gasteiger partial charge in [-0.15, -0.1) is 0 Å². The van der Waals surface area contributed by atoms with Crippen molar-refractivity contribution in [3.05, 3.63) is 88.1 Å². The van der Waals surface area contributed by atoms with Crippen LogP contribution in [0.3, 0.4) is 0 Å². The number of nitrogens with one attached hydrogen (secondary N) is 2. The number of benzene rings is 2. The molecule has 1 aliphatic carbocycles. The van der Waals surface area contributed by atoms with Crippen LogP contribution < -0.4 is 10.6 Å². The predicted molar refractivity (Wildman–Crippen MR) is 108 cm³/mol. The SMILES string of the molecule is C[C@@H]1CC2=C(NC(=S)N[C@@H]2c2ccc(F)cc2)/C(=C/c2ccc(F)cc2)C1. The highest BCUT2D eigenvalue weighted by Gasteiger charge is 2.32. The first-order valence-electron chi connectivity index (χ1n) is 9.02. The van der Waals surface area contributed by atoms with E-state index < -0.39 is 0 Å². The molecule has 2 aromatic carbocycles. The summed E-state index contributed by atoms with van der Waals surface area (Å²) in [6.07, 6.45) is 3.94. The van der Waals surface area contributed by atoms with Crippen molar-refractivity contribution in [2.45, 2.75) is 25.8 Å². The van der Waals surface area contributed by atoms with Crippen LogP contribution in [0.15, 0.2) is 65.4 Å². The Morgan fingerprint density at radius 1 is 0.963 bits per heavy atom. The van der Waals surface area contributed by atoms with Crippen molar-refractivity contribution < 1.29 is 8.78 Å². The van der Waals surface area contributed by atoms with Gasteiger partial charge in [0.2, 0.25) is 0 Å². The van der Waals surface area contributed by atoms with Gasteiger partial charge >= 0.3 is 0 Å². The van der Waals surface area contributed by atoms with E-state index in [4.69, 9.17) is 12.2 Å². The Labute approximate surface area is 163 Å². The molecule has 138 valence electrons. The molecule has 1 heterocycles. The summed E-state index contributed by atoms with van der Waals surface area (Å²) in [5.41, 5.74) is 5.36. The monoisotopic (exact) mass is 382 g/mol. The van der Waals surface area contributed by atoms with Gasteiger partial charge in [-0.25, -0.2) is 8.78 Å². The van der Waals surface area contributed by atoms with E-state index in [1.54, 1.807) is 24.3 Å². The molecule has 0 saturated carbocycles. The maximum atomic E-state index is 13.4.